The molecular weight excluding hydrogens is 530 g/mol. The molecule has 0 atom stereocenters. The van der Waals surface area contributed by atoms with Crippen molar-refractivity contribution in [2.75, 3.05) is 13.2 Å². The Morgan fingerprint density at radius 2 is 1.96 bits per heavy atom. The third-order valence-electron chi connectivity index (χ3n) is 2.88. The number of carboxylic acid groups (broad SMARTS) is 1. The zero-order chi connectivity index (χ0) is 17.1. The molecule has 1 heterocycles. The van der Waals surface area contributed by atoms with Crippen LogP contribution < -0.4 is 10.1 Å². The molecule has 2 rings (SSSR count). The van der Waals surface area contributed by atoms with Crippen molar-refractivity contribution < 1.29 is 24.2 Å². The van der Waals surface area contributed by atoms with Crippen molar-refractivity contribution in [1.82, 2.24) is 10.2 Å². The monoisotopic (exact) mass is 542 g/mol. The fourth-order valence-electron chi connectivity index (χ4n) is 1.96. The molecule has 0 aliphatic carbocycles. The molecule has 0 spiro atoms. The minimum absolute atomic E-state index is 0.0482. The molecule has 0 unspecified atom stereocenters. The molecule has 1 aliphatic rings. The van der Waals surface area contributed by atoms with E-state index in [1.807, 2.05) is 19.1 Å². The van der Waals surface area contributed by atoms with Crippen molar-refractivity contribution in [3.05, 3.63) is 30.5 Å². The first-order valence-corrected chi connectivity index (χ1v) is 8.67. The molecule has 1 aromatic rings. The lowest BCUT2D eigenvalue weighted by molar-refractivity contribution is -0.140. The molecule has 1 aromatic carbocycles. The van der Waals surface area contributed by atoms with Crippen molar-refractivity contribution in [2.24, 2.45) is 0 Å². The van der Waals surface area contributed by atoms with Gasteiger partial charge in [0.05, 0.1) is 13.7 Å². The summed E-state index contributed by atoms with van der Waals surface area (Å²) in [7, 11) is 0. The van der Waals surface area contributed by atoms with Crippen molar-refractivity contribution in [1.29, 1.82) is 0 Å². The number of nitrogens with one attached hydrogen (secondary N) is 1. The van der Waals surface area contributed by atoms with Gasteiger partial charge in [-0.25, -0.2) is 9.69 Å². The second kappa shape index (κ2) is 7.47. The number of imide groups is 1. The summed E-state index contributed by atoms with van der Waals surface area (Å²) in [4.78, 5) is 35.1. The van der Waals surface area contributed by atoms with Gasteiger partial charge in [-0.2, -0.15) is 0 Å². The van der Waals surface area contributed by atoms with Crippen LogP contribution in [-0.2, 0) is 9.59 Å². The Bertz CT molecular complexity index is 694. The zero-order valence-electron chi connectivity index (χ0n) is 11.9. The van der Waals surface area contributed by atoms with E-state index in [-0.39, 0.29) is 5.70 Å². The Kier molecular flexibility index (Phi) is 5.84. The number of hydrogen-bond acceptors (Lipinski definition) is 4. The molecule has 2 N–H and O–H groups in total. The second-order valence-corrected chi connectivity index (χ2v) is 6.84. The first-order valence-electron chi connectivity index (χ1n) is 6.51. The molecule has 23 heavy (non-hydrogen) atoms. The van der Waals surface area contributed by atoms with Gasteiger partial charge in [-0.3, -0.25) is 9.59 Å². The van der Waals surface area contributed by atoms with E-state index >= 15 is 0 Å². The van der Waals surface area contributed by atoms with E-state index in [1.165, 1.54) is 6.08 Å². The molecule has 0 aromatic heterocycles. The molecule has 7 nitrogen and oxygen atoms in total. The molecule has 1 aliphatic heterocycles. The van der Waals surface area contributed by atoms with Crippen molar-refractivity contribution in [3.8, 4) is 5.75 Å². The fraction of sp³-hybridized carbons (Fsp3) is 0.214. The number of nitrogens with zero attached hydrogens (tertiary/aromatic N) is 1. The first-order chi connectivity index (χ1) is 10.8. The fourth-order valence-corrected chi connectivity index (χ4v) is 4.09. The van der Waals surface area contributed by atoms with Crippen LogP contribution in [0.15, 0.2) is 17.8 Å². The van der Waals surface area contributed by atoms with Crippen LogP contribution in [0.4, 0.5) is 4.79 Å². The van der Waals surface area contributed by atoms with Crippen LogP contribution in [0.25, 0.3) is 6.08 Å². The average molecular weight is 542 g/mol. The number of ether oxygens (including phenoxy) is 1. The van der Waals surface area contributed by atoms with Crippen LogP contribution in [0.5, 0.6) is 5.75 Å². The number of halogens is 2. The number of carboxylic acids is 1. The summed E-state index contributed by atoms with van der Waals surface area (Å²) in [5.74, 6) is -1.14. The molecule has 1 fully saturated rings. The van der Waals surface area contributed by atoms with Gasteiger partial charge in [0.2, 0.25) is 0 Å². The molecule has 122 valence electrons. The topological polar surface area (TPSA) is 95.9 Å². The number of carbonyl (C=O) groups is 3. The largest absolute Gasteiger partial charge is 0.492 e. The number of benzene rings is 1. The van der Waals surface area contributed by atoms with Gasteiger partial charge in [0.25, 0.3) is 5.91 Å². The normalized spacial score (nSPS) is 16.0. The van der Waals surface area contributed by atoms with E-state index in [4.69, 9.17) is 9.84 Å². The van der Waals surface area contributed by atoms with Crippen molar-refractivity contribution >= 4 is 69.2 Å². The van der Waals surface area contributed by atoms with Crippen LogP contribution in [0, 0.1) is 7.14 Å². The maximum atomic E-state index is 12.1. The lowest BCUT2D eigenvalue weighted by atomic mass is 10.2. The van der Waals surface area contributed by atoms with E-state index < -0.39 is 24.5 Å². The highest BCUT2D eigenvalue weighted by atomic mass is 127. The molecule has 9 heteroatoms. The van der Waals surface area contributed by atoms with Crippen molar-refractivity contribution in [3.63, 3.8) is 0 Å². The summed E-state index contributed by atoms with van der Waals surface area (Å²) in [5, 5.41) is 11.1. The summed E-state index contributed by atoms with van der Waals surface area (Å²) in [6.45, 7) is 1.78. The highest BCUT2D eigenvalue weighted by molar-refractivity contribution is 14.1. The predicted molar refractivity (Wildman–Crippen MR) is 98.9 cm³/mol. The smallest absolute Gasteiger partial charge is 0.329 e. The number of urea groups is 1. The average Bonchev–Trinajstić information content (AvgIpc) is 2.70. The van der Waals surface area contributed by atoms with Gasteiger partial charge in [0.1, 0.15) is 18.0 Å². The van der Waals surface area contributed by atoms with Gasteiger partial charge in [-0.05, 0) is 75.9 Å². The Morgan fingerprint density at radius 1 is 1.35 bits per heavy atom. The lowest BCUT2D eigenvalue weighted by Gasteiger charge is -2.09. The summed E-state index contributed by atoms with van der Waals surface area (Å²) >= 11 is 4.26. The third-order valence-corrected chi connectivity index (χ3v) is 4.48. The maximum Gasteiger partial charge on any atom is 0.329 e. The standard InChI is InChI=1S/C14H12I2N2O5/c1-2-23-12-8(15)3-7(4-9(12)16)5-10-13(21)18(6-11(19)20)14(22)17-10/h3-5H,2,6H2,1H3,(H,17,22)(H,19,20)/b10-5+. The number of rotatable bonds is 5. The van der Waals surface area contributed by atoms with Crippen LogP contribution >= 0.6 is 45.2 Å². The number of amides is 3. The quantitative estimate of drug-likeness (QED) is 0.339. The van der Waals surface area contributed by atoms with Crippen LogP contribution in [-0.4, -0.2) is 41.1 Å². The van der Waals surface area contributed by atoms with Crippen LogP contribution in [0.2, 0.25) is 0 Å². The Balaban J connectivity index is 2.31. The maximum absolute atomic E-state index is 12.1. The SMILES string of the molecule is CCOc1c(I)cc(/C=C2/NC(=O)N(CC(=O)O)C2=O)cc1I. The third kappa shape index (κ3) is 4.13. The van der Waals surface area contributed by atoms with E-state index in [0.29, 0.717) is 17.1 Å². The van der Waals surface area contributed by atoms with Crippen LogP contribution in [0.3, 0.4) is 0 Å². The van der Waals surface area contributed by atoms with E-state index in [0.717, 1.165) is 12.9 Å². The summed E-state index contributed by atoms with van der Waals surface area (Å²) in [6, 6.07) is 2.90. The van der Waals surface area contributed by atoms with Gasteiger partial charge >= 0.3 is 12.0 Å². The minimum atomic E-state index is -1.25. The van der Waals surface area contributed by atoms with Crippen LogP contribution in [0.1, 0.15) is 12.5 Å². The highest BCUT2D eigenvalue weighted by Crippen LogP contribution is 2.30. The Labute approximate surface area is 159 Å². The Hall–Kier alpha value is -1.37. The lowest BCUT2D eigenvalue weighted by Crippen LogP contribution is -2.35. The zero-order valence-corrected chi connectivity index (χ0v) is 16.2. The van der Waals surface area contributed by atoms with Gasteiger partial charge in [0.15, 0.2) is 0 Å². The molecule has 0 saturated carbocycles. The molecule has 0 radical (unpaired) electrons. The van der Waals surface area contributed by atoms with Gasteiger partial charge in [-0.15, -0.1) is 0 Å². The Morgan fingerprint density at radius 3 is 2.48 bits per heavy atom. The molecular formula is C14H12I2N2O5. The van der Waals surface area contributed by atoms with Gasteiger partial charge in [0, 0.05) is 0 Å². The predicted octanol–water partition coefficient (Wildman–Crippen LogP) is 2.27. The molecule has 1 saturated heterocycles. The highest BCUT2D eigenvalue weighted by Gasteiger charge is 2.34. The van der Waals surface area contributed by atoms with E-state index in [9.17, 15) is 14.4 Å². The second-order valence-electron chi connectivity index (χ2n) is 4.52. The molecule has 0 bridgehead atoms. The summed E-state index contributed by atoms with van der Waals surface area (Å²) < 4.78 is 7.30. The number of hydrogen-bond donors (Lipinski definition) is 2. The van der Waals surface area contributed by atoms with Gasteiger partial charge in [-0.1, -0.05) is 0 Å². The minimum Gasteiger partial charge on any atom is -0.492 e. The van der Waals surface area contributed by atoms with Gasteiger partial charge < -0.3 is 15.2 Å². The number of aliphatic carboxylic acids is 1. The van der Waals surface area contributed by atoms with E-state index in [2.05, 4.69) is 50.5 Å². The first kappa shape index (κ1) is 18.0. The van der Waals surface area contributed by atoms with Crippen molar-refractivity contribution in [2.45, 2.75) is 6.92 Å². The summed E-state index contributed by atoms with van der Waals surface area (Å²) in [6.07, 6.45) is 1.52. The summed E-state index contributed by atoms with van der Waals surface area (Å²) in [5.41, 5.74) is 0.759. The number of carbonyl (C=O) groups excluding carboxylic acids is 2. The van der Waals surface area contributed by atoms with E-state index in [1.54, 1.807) is 0 Å². The molecule has 3 amide bonds.